The zero-order valence-corrected chi connectivity index (χ0v) is 14.6. The average Bonchev–Trinajstić information content (AvgIpc) is 2.45. The van der Waals surface area contributed by atoms with Crippen molar-refractivity contribution in [1.29, 1.82) is 0 Å². The molecule has 1 amide bonds. The fourth-order valence-electron chi connectivity index (χ4n) is 2.00. The van der Waals surface area contributed by atoms with Gasteiger partial charge in [0, 0.05) is 22.6 Å². The molecule has 0 heterocycles. The van der Waals surface area contributed by atoms with Gasteiger partial charge in [-0.3, -0.25) is 4.79 Å². The van der Waals surface area contributed by atoms with Gasteiger partial charge in [-0.05, 0) is 38.9 Å². The lowest BCUT2D eigenvalue weighted by Gasteiger charge is -2.18. The fraction of sp³-hybridized carbons (Fsp3) is 0.562. The molecule has 1 rings (SSSR count). The maximum Gasteiger partial charge on any atom is 0.223 e. The van der Waals surface area contributed by atoms with Gasteiger partial charge in [-0.1, -0.05) is 28.9 Å². The second-order valence-corrected chi connectivity index (χ2v) is 5.83. The molecule has 0 radical (unpaired) electrons. The lowest BCUT2D eigenvalue weighted by molar-refractivity contribution is -0.121. The summed E-state index contributed by atoms with van der Waals surface area (Å²) in [4.78, 5) is 11.4. The van der Waals surface area contributed by atoms with Gasteiger partial charge in [-0.25, -0.2) is 0 Å². The van der Waals surface area contributed by atoms with E-state index >= 15 is 0 Å². The fourth-order valence-corrected chi connectivity index (χ4v) is 2.34. The van der Waals surface area contributed by atoms with Crippen molar-refractivity contribution in [2.45, 2.75) is 39.7 Å². The van der Waals surface area contributed by atoms with Crippen molar-refractivity contribution in [2.24, 2.45) is 0 Å². The van der Waals surface area contributed by atoms with E-state index in [1.165, 1.54) is 0 Å². The molecule has 21 heavy (non-hydrogen) atoms. The largest absolute Gasteiger partial charge is 0.493 e. The molecule has 1 aromatic rings. The van der Waals surface area contributed by atoms with E-state index in [0.29, 0.717) is 19.6 Å². The predicted octanol–water partition coefficient (Wildman–Crippen LogP) is 3.41. The van der Waals surface area contributed by atoms with Crippen molar-refractivity contribution < 1.29 is 9.53 Å². The number of ether oxygens (including phenoxy) is 1. The van der Waals surface area contributed by atoms with Crippen molar-refractivity contribution in [3.63, 3.8) is 0 Å². The average molecular weight is 357 g/mol. The summed E-state index contributed by atoms with van der Waals surface area (Å²) in [5, 5.41) is 6.22. The Balaban J connectivity index is 2.66. The highest BCUT2D eigenvalue weighted by Crippen LogP contribution is 2.28. The Morgan fingerprint density at radius 1 is 1.38 bits per heavy atom. The Labute approximate surface area is 135 Å². The molecule has 0 aliphatic heterocycles. The minimum atomic E-state index is 0.0196. The molecule has 118 valence electrons. The number of halogens is 1. The molecule has 2 N–H and O–H groups in total. The summed E-state index contributed by atoms with van der Waals surface area (Å²) in [6.07, 6.45) is 1.46. The Bertz CT molecular complexity index is 452. The Morgan fingerprint density at radius 2 is 2.14 bits per heavy atom. The van der Waals surface area contributed by atoms with E-state index in [2.05, 4.69) is 46.5 Å². The van der Waals surface area contributed by atoms with Gasteiger partial charge in [0.2, 0.25) is 5.91 Å². The molecule has 0 aliphatic rings. The summed E-state index contributed by atoms with van der Waals surface area (Å²) in [6, 6.07) is 6.24. The molecule has 1 atom stereocenters. The molecule has 4 nitrogen and oxygen atoms in total. The minimum absolute atomic E-state index is 0.0196. The smallest absolute Gasteiger partial charge is 0.223 e. The van der Waals surface area contributed by atoms with Crippen LogP contribution in [0, 0.1) is 0 Å². The molecule has 0 saturated heterocycles. The second kappa shape index (κ2) is 9.79. The highest BCUT2D eigenvalue weighted by molar-refractivity contribution is 9.10. The van der Waals surface area contributed by atoms with Crippen LogP contribution >= 0.6 is 15.9 Å². The highest BCUT2D eigenvalue weighted by Gasteiger charge is 2.12. The van der Waals surface area contributed by atoms with Gasteiger partial charge in [0.1, 0.15) is 5.75 Å². The van der Waals surface area contributed by atoms with Crippen molar-refractivity contribution in [3.05, 3.63) is 28.2 Å². The third-order valence-corrected chi connectivity index (χ3v) is 3.60. The van der Waals surface area contributed by atoms with Crippen LogP contribution in [0.25, 0.3) is 0 Å². The van der Waals surface area contributed by atoms with E-state index in [9.17, 15) is 4.79 Å². The van der Waals surface area contributed by atoms with Gasteiger partial charge in [-0.15, -0.1) is 0 Å². The van der Waals surface area contributed by atoms with Crippen LogP contribution in [0.1, 0.15) is 45.2 Å². The summed E-state index contributed by atoms with van der Waals surface area (Å²) in [7, 11) is 0. The topological polar surface area (TPSA) is 50.4 Å². The van der Waals surface area contributed by atoms with Gasteiger partial charge >= 0.3 is 0 Å². The minimum Gasteiger partial charge on any atom is -0.493 e. The summed E-state index contributed by atoms with van der Waals surface area (Å²) >= 11 is 3.46. The van der Waals surface area contributed by atoms with Crippen molar-refractivity contribution in [1.82, 2.24) is 10.6 Å². The van der Waals surface area contributed by atoms with Crippen LogP contribution in [-0.4, -0.2) is 25.6 Å². The Morgan fingerprint density at radius 3 is 2.81 bits per heavy atom. The number of amides is 1. The molecule has 0 aromatic heterocycles. The summed E-state index contributed by atoms with van der Waals surface area (Å²) in [5.74, 6) is 0.843. The molecular formula is C16H25BrN2O2. The van der Waals surface area contributed by atoms with Crippen LogP contribution in [0.15, 0.2) is 22.7 Å². The summed E-state index contributed by atoms with van der Waals surface area (Å²) in [6.45, 7) is 8.18. The monoisotopic (exact) mass is 356 g/mol. The molecule has 0 saturated carbocycles. The third kappa shape index (κ3) is 6.48. The van der Waals surface area contributed by atoms with E-state index in [-0.39, 0.29) is 11.9 Å². The zero-order valence-electron chi connectivity index (χ0n) is 13.0. The maximum absolute atomic E-state index is 11.4. The molecule has 0 fully saturated rings. The van der Waals surface area contributed by atoms with Gasteiger partial charge in [0.15, 0.2) is 0 Å². The Hall–Kier alpha value is -1.07. The highest BCUT2D eigenvalue weighted by atomic mass is 79.9. The molecule has 0 aliphatic carbocycles. The van der Waals surface area contributed by atoms with E-state index < -0.39 is 0 Å². The lowest BCUT2D eigenvalue weighted by Crippen LogP contribution is -2.24. The first-order valence-corrected chi connectivity index (χ1v) is 8.30. The molecule has 1 unspecified atom stereocenters. The first kappa shape index (κ1) is 18.0. The summed E-state index contributed by atoms with van der Waals surface area (Å²) < 4.78 is 6.78. The number of carbonyl (C=O) groups is 1. The van der Waals surface area contributed by atoms with E-state index in [1.54, 1.807) is 0 Å². The lowest BCUT2D eigenvalue weighted by atomic mass is 10.1. The zero-order chi connectivity index (χ0) is 15.7. The molecule has 1 aromatic carbocycles. The molecule has 5 heteroatoms. The van der Waals surface area contributed by atoms with Crippen molar-refractivity contribution >= 4 is 21.8 Å². The molecular weight excluding hydrogens is 332 g/mol. The van der Waals surface area contributed by atoms with Crippen molar-refractivity contribution in [3.8, 4) is 5.75 Å². The molecule has 0 spiro atoms. The molecule has 0 bridgehead atoms. The number of benzene rings is 1. The SMILES string of the molecule is CCCNC(C)c1ccc(Br)cc1OCCC(=O)NCC. The van der Waals surface area contributed by atoms with Crippen molar-refractivity contribution in [2.75, 3.05) is 19.7 Å². The van der Waals surface area contributed by atoms with Crippen LogP contribution in [0.5, 0.6) is 5.75 Å². The Kier molecular flexibility index (Phi) is 8.38. The van der Waals surface area contributed by atoms with Crippen LogP contribution in [0.2, 0.25) is 0 Å². The second-order valence-electron chi connectivity index (χ2n) is 4.91. The first-order chi connectivity index (χ1) is 10.1. The normalized spacial score (nSPS) is 12.0. The van der Waals surface area contributed by atoms with Gasteiger partial charge in [0.05, 0.1) is 13.0 Å². The van der Waals surface area contributed by atoms with E-state index in [0.717, 1.165) is 28.8 Å². The van der Waals surface area contributed by atoms with Gasteiger partial charge in [-0.2, -0.15) is 0 Å². The first-order valence-electron chi connectivity index (χ1n) is 7.50. The maximum atomic E-state index is 11.4. The van der Waals surface area contributed by atoms with Crippen LogP contribution < -0.4 is 15.4 Å². The van der Waals surface area contributed by atoms with Crippen LogP contribution in [-0.2, 0) is 4.79 Å². The van der Waals surface area contributed by atoms with Crippen LogP contribution in [0.3, 0.4) is 0 Å². The third-order valence-electron chi connectivity index (χ3n) is 3.10. The number of carbonyl (C=O) groups excluding carboxylic acids is 1. The van der Waals surface area contributed by atoms with Crippen LogP contribution in [0.4, 0.5) is 0 Å². The van der Waals surface area contributed by atoms with E-state index in [4.69, 9.17) is 4.74 Å². The number of rotatable bonds is 9. The summed E-state index contributed by atoms with van der Waals surface area (Å²) in [5.41, 5.74) is 1.11. The van der Waals surface area contributed by atoms with Gasteiger partial charge < -0.3 is 15.4 Å². The van der Waals surface area contributed by atoms with Gasteiger partial charge in [0.25, 0.3) is 0 Å². The standard InChI is InChI=1S/C16H25BrN2O2/c1-4-9-19-12(3)14-7-6-13(17)11-15(14)21-10-8-16(20)18-5-2/h6-7,11-12,19H,4-5,8-10H2,1-3H3,(H,18,20). The number of nitrogens with one attached hydrogen (secondary N) is 2. The number of hydrogen-bond acceptors (Lipinski definition) is 3. The van der Waals surface area contributed by atoms with E-state index in [1.807, 2.05) is 19.1 Å². The predicted molar refractivity (Wildman–Crippen MR) is 89.6 cm³/mol. The number of hydrogen-bond donors (Lipinski definition) is 2. The quantitative estimate of drug-likeness (QED) is 0.712.